The summed E-state index contributed by atoms with van der Waals surface area (Å²) in [5.41, 5.74) is 0.968. The van der Waals surface area contributed by atoms with E-state index >= 15 is 0 Å². The average molecular weight is 371 g/mol. The average Bonchev–Trinajstić information content (AvgIpc) is 3.02. The highest BCUT2D eigenvalue weighted by Crippen LogP contribution is 2.40. The summed E-state index contributed by atoms with van der Waals surface area (Å²) in [6.07, 6.45) is 0.298. The lowest BCUT2D eigenvalue weighted by molar-refractivity contribution is -0.230. The zero-order valence-electron chi connectivity index (χ0n) is 15.0. The number of fused-ring (bicyclic) bond motifs is 1. The van der Waals surface area contributed by atoms with Gasteiger partial charge in [-0.3, -0.25) is 0 Å². The van der Waals surface area contributed by atoms with Gasteiger partial charge < -0.3 is 24.1 Å². The van der Waals surface area contributed by atoms with Gasteiger partial charge in [0, 0.05) is 5.02 Å². The van der Waals surface area contributed by atoms with Gasteiger partial charge in [-0.05, 0) is 38.0 Å². The predicted octanol–water partition coefficient (Wildman–Crippen LogP) is 3.65. The highest BCUT2D eigenvalue weighted by Gasteiger charge is 2.56. The second-order valence-corrected chi connectivity index (χ2v) is 7.62. The minimum atomic E-state index is -0.716. The maximum atomic E-state index is 10.5. The van der Waals surface area contributed by atoms with Gasteiger partial charge in [0.05, 0.1) is 12.7 Å². The van der Waals surface area contributed by atoms with Crippen LogP contribution in [0.1, 0.15) is 45.6 Å². The molecule has 2 fully saturated rings. The fraction of sp³-hybridized carbons (Fsp3) is 0.684. The standard InChI is InChI=1S/C19H27ClO5/c1-4-5-9-14(21)15-16(17-18(23-15)25-19(2,3)24-17)22-11-12-7-6-8-13(20)10-12/h6-8,10,14-18,21H,4-5,9,11H2,1-3H3/t14-,15+,16-,17+,18+/m0/s1. The molecule has 2 aliphatic rings. The van der Waals surface area contributed by atoms with Crippen LogP contribution in [0.15, 0.2) is 24.3 Å². The van der Waals surface area contributed by atoms with Gasteiger partial charge in [0.1, 0.15) is 18.3 Å². The molecule has 2 aliphatic heterocycles. The van der Waals surface area contributed by atoms with Gasteiger partial charge in [-0.15, -0.1) is 0 Å². The number of unbranched alkanes of at least 4 members (excludes halogenated alkanes) is 1. The first-order valence-electron chi connectivity index (χ1n) is 8.95. The number of ether oxygens (including phenoxy) is 4. The Kier molecular flexibility index (Phi) is 6.03. The smallest absolute Gasteiger partial charge is 0.190 e. The van der Waals surface area contributed by atoms with E-state index in [1.165, 1.54) is 0 Å². The molecule has 1 aromatic rings. The molecule has 2 saturated heterocycles. The molecule has 0 aromatic heterocycles. The van der Waals surface area contributed by atoms with Gasteiger partial charge in [-0.2, -0.15) is 0 Å². The van der Waals surface area contributed by atoms with E-state index in [2.05, 4.69) is 6.92 Å². The Labute approximate surface area is 154 Å². The van der Waals surface area contributed by atoms with Crippen LogP contribution in [0.2, 0.25) is 5.02 Å². The van der Waals surface area contributed by atoms with Crippen molar-refractivity contribution in [1.29, 1.82) is 0 Å². The fourth-order valence-corrected chi connectivity index (χ4v) is 3.61. The fourth-order valence-electron chi connectivity index (χ4n) is 3.40. The Balaban J connectivity index is 1.70. The molecule has 0 saturated carbocycles. The van der Waals surface area contributed by atoms with Crippen LogP contribution in [0.4, 0.5) is 0 Å². The predicted molar refractivity (Wildman–Crippen MR) is 94.3 cm³/mol. The number of hydrogen-bond acceptors (Lipinski definition) is 5. The third-order valence-electron chi connectivity index (χ3n) is 4.59. The quantitative estimate of drug-likeness (QED) is 0.793. The van der Waals surface area contributed by atoms with Gasteiger partial charge in [-0.25, -0.2) is 0 Å². The number of halogens is 1. The summed E-state index contributed by atoms with van der Waals surface area (Å²) < 4.78 is 23.8. The molecule has 0 unspecified atom stereocenters. The molecular formula is C19H27ClO5. The van der Waals surface area contributed by atoms with Gasteiger partial charge in [0.2, 0.25) is 0 Å². The molecule has 1 aromatic carbocycles. The lowest BCUT2D eigenvalue weighted by Crippen LogP contribution is -2.42. The molecule has 5 nitrogen and oxygen atoms in total. The second-order valence-electron chi connectivity index (χ2n) is 7.18. The van der Waals surface area contributed by atoms with Crippen LogP contribution in [0.25, 0.3) is 0 Å². The molecule has 1 N–H and O–H groups in total. The van der Waals surface area contributed by atoms with Crippen molar-refractivity contribution in [1.82, 2.24) is 0 Å². The number of hydrogen-bond donors (Lipinski definition) is 1. The van der Waals surface area contributed by atoms with E-state index in [1.807, 2.05) is 38.1 Å². The van der Waals surface area contributed by atoms with Crippen molar-refractivity contribution in [3.05, 3.63) is 34.9 Å². The van der Waals surface area contributed by atoms with Crippen molar-refractivity contribution in [2.45, 2.75) is 83.1 Å². The lowest BCUT2D eigenvalue weighted by Gasteiger charge is -2.28. The van der Waals surface area contributed by atoms with Crippen LogP contribution in [0.5, 0.6) is 0 Å². The van der Waals surface area contributed by atoms with Crippen molar-refractivity contribution in [3.8, 4) is 0 Å². The van der Waals surface area contributed by atoms with Crippen LogP contribution < -0.4 is 0 Å². The maximum Gasteiger partial charge on any atom is 0.190 e. The van der Waals surface area contributed by atoms with E-state index in [4.69, 9.17) is 30.5 Å². The molecule has 0 aliphatic carbocycles. The lowest BCUT2D eigenvalue weighted by atomic mass is 10.0. The molecule has 0 radical (unpaired) electrons. The zero-order valence-corrected chi connectivity index (χ0v) is 15.7. The summed E-state index contributed by atoms with van der Waals surface area (Å²) in [5, 5.41) is 11.2. The highest BCUT2D eigenvalue weighted by molar-refractivity contribution is 6.30. The normalized spacial score (nSPS) is 31.9. The van der Waals surface area contributed by atoms with Crippen molar-refractivity contribution >= 4 is 11.6 Å². The van der Waals surface area contributed by atoms with Crippen molar-refractivity contribution in [3.63, 3.8) is 0 Å². The van der Waals surface area contributed by atoms with Crippen LogP contribution in [0, 0.1) is 0 Å². The Morgan fingerprint density at radius 3 is 2.84 bits per heavy atom. The topological polar surface area (TPSA) is 57.2 Å². The van der Waals surface area contributed by atoms with Gasteiger partial charge in [-0.1, -0.05) is 43.5 Å². The molecular weight excluding hydrogens is 344 g/mol. The summed E-state index contributed by atoms with van der Waals surface area (Å²) in [6, 6.07) is 7.54. The SMILES string of the molecule is CCCC[C@H](O)[C@H]1O[C@@H]2OC(C)(C)O[C@@H]2[C@H]1OCc1cccc(Cl)c1. The first-order valence-corrected chi connectivity index (χ1v) is 9.32. The minimum absolute atomic E-state index is 0.351. The van der Waals surface area contributed by atoms with Crippen molar-refractivity contribution in [2.75, 3.05) is 0 Å². The van der Waals surface area contributed by atoms with Crippen LogP contribution in [-0.4, -0.2) is 41.6 Å². The van der Waals surface area contributed by atoms with Gasteiger partial charge >= 0.3 is 0 Å². The highest BCUT2D eigenvalue weighted by atomic mass is 35.5. The summed E-state index contributed by atoms with van der Waals surface area (Å²) in [6.45, 7) is 6.17. The molecule has 140 valence electrons. The largest absolute Gasteiger partial charge is 0.390 e. The summed E-state index contributed by atoms with van der Waals surface area (Å²) in [7, 11) is 0. The van der Waals surface area contributed by atoms with Crippen LogP contribution >= 0.6 is 11.6 Å². The van der Waals surface area contributed by atoms with Crippen LogP contribution in [0.3, 0.4) is 0 Å². The molecule has 0 bridgehead atoms. The molecule has 2 heterocycles. The van der Waals surface area contributed by atoms with Crippen molar-refractivity contribution < 1.29 is 24.1 Å². The van der Waals surface area contributed by atoms with Crippen LogP contribution in [-0.2, 0) is 25.6 Å². The Bertz CT molecular complexity index is 579. The van der Waals surface area contributed by atoms with E-state index < -0.39 is 30.4 Å². The van der Waals surface area contributed by atoms with Gasteiger partial charge in [0.25, 0.3) is 0 Å². The first kappa shape index (κ1) is 19.1. The summed E-state index contributed by atoms with van der Waals surface area (Å²) in [4.78, 5) is 0. The van der Waals surface area contributed by atoms with E-state index in [9.17, 15) is 5.11 Å². The third kappa shape index (κ3) is 4.54. The van der Waals surface area contributed by atoms with Crippen molar-refractivity contribution in [2.24, 2.45) is 0 Å². The van der Waals surface area contributed by atoms with E-state index in [-0.39, 0.29) is 6.10 Å². The Morgan fingerprint density at radius 1 is 1.32 bits per heavy atom. The summed E-state index contributed by atoms with van der Waals surface area (Å²) >= 11 is 6.04. The molecule has 25 heavy (non-hydrogen) atoms. The second kappa shape index (κ2) is 7.91. The zero-order chi connectivity index (χ0) is 18.0. The first-order chi connectivity index (χ1) is 11.9. The van der Waals surface area contributed by atoms with E-state index in [0.717, 1.165) is 18.4 Å². The maximum absolute atomic E-state index is 10.5. The van der Waals surface area contributed by atoms with Gasteiger partial charge in [0.15, 0.2) is 12.1 Å². The Morgan fingerprint density at radius 2 is 2.12 bits per heavy atom. The van der Waals surface area contributed by atoms with E-state index in [0.29, 0.717) is 18.1 Å². The monoisotopic (exact) mass is 370 g/mol. The number of aliphatic hydroxyl groups excluding tert-OH is 1. The number of benzene rings is 1. The molecule has 0 spiro atoms. The molecule has 5 atom stereocenters. The third-order valence-corrected chi connectivity index (χ3v) is 4.83. The van der Waals surface area contributed by atoms with E-state index in [1.54, 1.807) is 0 Å². The number of aliphatic hydroxyl groups is 1. The summed E-state index contributed by atoms with van der Waals surface area (Å²) in [5.74, 6) is -0.716. The number of rotatable bonds is 7. The molecule has 3 rings (SSSR count). The molecule has 6 heteroatoms. The molecule has 0 amide bonds. The minimum Gasteiger partial charge on any atom is -0.390 e. The Hall–Kier alpha value is -0.690.